The number of hydrogen-bond acceptors (Lipinski definition) is 5. The smallest absolute Gasteiger partial charge is 0.167 e. The predicted molar refractivity (Wildman–Crippen MR) is 89.4 cm³/mol. The van der Waals surface area contributed by atoms with Crippen LogP contribution >= 0.6 is 0 Å². The van der Waals surface area contributed by atoms with Crippen molar-refractivity contribution in [2.45, 2.75) is 26.7 Å². The monoisotopic (exact) mass is 325 g/mol. The van der Waals surface area contributed by atoms with E-state index >= 15 is 0 Å². The molecule has 0 spiro atoms. The minimum absolute atomic E-state index is 0.165. The second kappa shape index (κ2) is 7.17. The van der Waals surface area contributed by atoms with Gasteiger partial charge in [-0.05, 0) is 26.3 Å². The molecule has 0 aliphatic rings. The van der Waals surface area contributed by atoms with Crippen LogP contribution in [0.2, 0.25) is 0 Å². The molecule has 2 rings (SSSR count). The van der Waals surface area contributed by atoms with E-state index in [9.17, 15) is 14.4 Å². The lowest BCUT2D eigenvalue weighted by Gasteiger charge is -2.21. The van der Waals surface area contributed by atoms with Crippen LogP contribution in [0.1, 0.15) is 32.4 Å². The molecule has 0 N–H and O–H groups in total. The van der Waals surface area contributed by atoms with Gasteiger partial charge in [-0.3, -0.25) is 14.4 Å². The Labute approximate surface area is 140 Å². The van der Waals surface area contributed by atoms with E-state index in [0.717, 1.165) is 5.56 Å². The van der Waals surface area contributed by atoms with E-state index in [-0.39, 0.29) is 22.9 Å². The molecule has 0 saturated heterocycles. The van der Waals surface area contributed by atoms with Gasteiger partial charge in [-0.25, -0.2) is 0 Å². The molecule has 0 bridgehead atoms. The van der Waals surface area contributed by atoms with Gasteiger partial charge in [0.15, 0.2) is 11.5 Å². The zero-order chi connectivity index (χ0) is 17.9. The molecule has 5 heteroatoms. The van der Waals surface area contributed by atoms with Crippen LogP contribution in [0.25, 0.3) is 11.3 Å². The third kappa shape index (κ3) is 3.56. The highest BCUT2D eigenvalue weighted by Gasteiger charge is 2.36. The minimum Gasteiger partial charge on any atom is -0.356 e. The van der Waals surface area contributed by atoms with Crippen LogP contribution in [0.4, 0.5) is 0 Å². The average molecular weight is 325 g/mol. The Hall–Kier alpha value is -2.82. The summed E-state index contributed by atoms with van der Waals surface area (Å²) in [5.41, 5.74) is 1.33. The Morgan fingerprint density at radius 3 is 2.12 bits per heavy atom. The average Bonchev–Trinajstić information content (AvgIpc) is 3.01. The van der Waals surface area contributed by atoms with E-state index in [1.54, 1.807) is 6.07 Å². The molecule has 1 aromatic heterocycles. The number of ketones is 3. The lowest BCUT2D eigenvalue weighted by Crippen LogP contribution is -2.29. The summed E-state index contributed by atoms with van der Waals surface area (Å²) in [4.78, 5) is 35.7. The van der Waals surface area contributed by atoms with Crippen molar-refractivity contribution in [2.24, 2.45) is 5.92 Å². The molecule has 2 aromatic rings. The summed E-state index contributed by atoms with van der Waals surface area (Å²) >= 11 is 0. The van der Waals surface area contributed by atoms with Gasteiger partial charge in [0, 0.05) is 17.5 Å². The van der Waals surface area contributed by atoms with Crippen LogP contribution < -0.4 is 0 Å². The molecule has 0 fully saturated rings. The lowest BCUT2D eigenvalue weighted by molar-refractivity contribution is -0.131. The van der Waals surface area contributed by atoms with Gasteiger partial charge in [0.1, 0.15) is 11.6 Å². The molecule has 1 unspecified atom stereocenters. The Bertz CT molecular complexity index is 775. The standard InChI is InChI=1S/C19H19NO4/c1-11(12(2)21)18(19(13(3)22)14(4)23)16-10-17(24-20-16)15-8-6-5-7-9-15/h5-10,18-19H,1H2,2-4H3. The zero-order valence-electron chi connectivity index (χ0n) is 13.9. The van der Waals surface area contributed by atoms with E-state index in [1.165, 1.54) is 20.8 Å². The van der Waals surface area contributed by atoms with E-state index in [0.29, 0.717) is 11.5 Å². The third-order valence-electron chi connectivity index (χ3n) is 3.94. The number of aromatic nitrogens is 1. The predicted octanol–water partition coefficient (Wildman–Crippen LogP) is 3.36. The number of hydrogen-bond donors (Lipinski definition) is 0. The summed E-state index contributed by atoms with van der Waals surface area (Å²) in [5.74, 6) is -2.29. The van der Waals surface area contributed by atoms with E-state index in [2.05, 4.69) is 11.7 Å². The number of nitrogens with zero attached hydrogens (tertiary/aromatic N) is 1. The van der Waals surface area contributed by atoms with E-state index in [1.807, 2.05) is 30.3 Å². The first-order valence-electron chi connectivity index (χ1n) is 7.55. The van der Waals surface area contributed by atoms with Crippen LogP contribution in [0.5, 0.6) is 0 Å². The van der Waals surface area contributed by atoms with Crippen molar-refractivity contribution in [3.8, 4) is 11.3 Å². The fourth-order valence-electron chi connectivity index (χ4n) is 2.70. The summed E-state index contributed by atoms with van der Waals surface area (Å²) in [5, 5.41) is 3.99. The van der Waals surface area contributed by atoms with Gasteiger partial charge in [0.25, 0.3) is 0 Å². The van der Waals surface area contributed by atoms with Gasteiger partial charge >= 0.3 is 0 Å². The first kappa shape index (κ1) is 17.5. The highest BCUT2D eigenvalue weighted by Crippen LogP contribution is 2.34. The van der Waals surface area contributed by atoms with Crippen molar-refractivity contribution < 1.29 is 18.9 Å². The molecule has 0 amide bonds. The van der Waals surface area contributed by atoms with Crippen molar-refractivity contribution in [3.05, 3.63) is 54.2 Å². The van der Waals surface area contributed by atoms with Crippen LogP contribution in [0.15, 0.2) is 53.1 Å². The Morgan fingerprint density at radius 2 is 1.62 bits per heavy atom. The van der Waals surface area contributed by atoms with Crippen LogP contribution in [-0.2, 0) is 14.4 Å². The first-order chi connectivity index (χ1) is 11.3. The SMILES string of the molecule is C=C(C(C)=O)C(c1cc(-c2ccccc2)on1)C(C(C)=O)C(C)=O. The van der Waals surface area contributed by atoms with Crippen molar-refractivity contribution in [1.29, 1.82) is 0 Å². The molecular weight excluding hydrogens is 306 g/mol. The summed E-state index contributed by atoms with van der Waals surface area (Å²) in [6.07, 6.45) is 0. The maximum Gasteiger partial charge on any atom is 0.167 e. The highest BCUT2D eigenvalue weighted by atomic mass is 16.5. The van der Waals surface area contributed by atoms with Crippen molar-refractivity contribution >= 4 is 17.3 Å². The summed E-state index contributed by atoms with van der Waals surface area (Å²) in [7, 11) is 0. The molecule has 24 heavy (non-hydrogen) atoms. The zero-order valence-corrected chi connectivity index (χ0v) is 13.9. The highest BCUT2D eigenvalue weighted by molar-refractivity contribution is 6.04. The summed E-state index contributed by atoms with van der Waals surface area (Å²) < 4.78 is 5.35. The topological polar surface area (TPSA) is 77.2 Å². The summed E-state index contributed by atoms with van der Waals surface area (Å²) in [6, 6.07) is 10.9. The second-order valence-corrected chi connectivity index (χ2v) is 5.74. The molecular formula is C19H19NO4. The fourth-order valence-corrected chi connectivity index (χ4v) is 2.70. The number of allylic oxidation sites excluding steroid dienone is 1. The number of rotatable bonds is 7. The van der Waals surface area contributed by atoms with Crippen molar-refractivity contribution in [2.75, 3.05) is 0 Å². The largest absolute Gasteiger partial charge is 0.356 e. The molecule has 0 saturated carbocycles. The second-order valence-electron chi connectivity index (χ2n) is 5.74. The maximum atomic E-state index is 12.0. The minimum atomic E-state index is -1.00. The molecule has 1 aromatic carbocycles. The molecule has 0 aliphatic carbocycles. The van der Waals surface area contributed by atoms with E-state index in [4.69, 9.17) is 4.52 Å². The van der Waals surface area contributed by atoms with Crippen molar-refractivity contribution in [3.63, 3.8) is 0 Å². The Balaban J connectivity index is 2.50. The van der Waals surface area contributed by atoms with Gasteiger partial charge in [0.2, 0.25) is 0 Å². The third-order valence-corrected chi connectivity index (χ3v) is 3.94. The fraction of sp³-hybridized carbons (Fsp3) is 0.263. The molecule has 1 heterocycles. The number of carbonyl (C=O) groups is 3. The van der Waals surface area contributed by atoms with Gasteiger partial charge in [-0.15, -0.1) is 0 Å². The Morgan fingerprint density at radius 1 is 1.04 bits per heavy atom. The normalized spacial score (nSPS) is 12.0. The van der Waals surface area contributed by atoms with Gasteiger partial charge in [-0.1, -0.05) is 42.1 Å². The van der Waals surface area contributed by atoms with Crippen LogP contribution in [-0.4, -0.2) is 22.5 Å². The van der Waals surface area contributed by atoms with Crippen molar-refractivity contribution in [1.82, 2.24) is 5.16 Å². The molecule has 0 radical (unpaired) electrons. The number of carbonyl (C=O) groups excluding carboxylic acids is 3. The van der Waals surface area contributed by atoms with Gasteiger partial charge < -0.3 is 4.52 Å². The maximum absolute atomic E-state index is 12.0. The quantitative estimate of drug-likeness (QED) is 0.576. The molecule has 5 nitrogen and oxygen atoms in total. The first-order valence-corrected chi connectivity index (χ1v) is 7.55. The van der Waals surface area contributed by atoms with Gasteiger partial charge in [-0.2, -0.15) is 0 Å². The van der Waals surface area contributed by atoms with Crippen LogP contribution in [0.3, 0.4) is 0 Å². The number of benzene rings is 1. The molecule has 1 atom stereocenters. The molecule has 124 valence electrons. The van der Waals surface area contributed by atoms with Gasteiger partial charge in [0.05, 0.1) is 11.6 Å². The lowest BCUT2D eigenvalue weighted by atomic mass is 9.78. The van der Waals surface area contributed by atoms with E-state index < -0.39 is 11.8 Å². The Kier molecular flexibility index (Phi) is 5.24. The molecule has 0 aliphatic heterocycles. The van der Waals surface area contributed by atoms with Crippen LogP contribution in [0, 0.1) is 5.92 Å². The number of Topliss-reactive ketones (excluding diaryl/α,β-unsaturated/α-hetero) is 3. The summed E-state index contributed by atoms with van der Waals surface area (Å²) in [6.45, 7) is 7.76.